The van der Waals surface area contributed by atoms with Gasteiger partial charge in [-0.3, -0.25) is 14.9 Å². The van der Waals surface area contributed by atoms with Crippen molar-refractivity contribution in [3.8, 4) is 0 Å². The van der Waals surface area contributed by atoms with Gasteiger partial charge in [-0.15, -0.1) is 0 Å². The molecule has 1 aromatic carbocycles. The molecule has 2 aromatic rings. The molecule has 0 aliphatic carbocycles. The third kappa shape index (κ3) is 2.35. The predicted octanol–water partition coefficient (Wildman–Crippen LogP) is 2.49. The van der Waals surface area contributed by atoms with Gasteiger partial charge in [0.05, 0.1) is 9.95 Å². The lowest BCUT2D eigenvalue weighted by Gasteiger charge is -2.01. The summed E-state index contributed by atoms with van der Waals surface area (Å²) in [5, 5.41) is 21.6. The van der Waals surface area contributed by atoms with Gasteiger partial charge in [0.1, 0.15) is 5.69 Å². The standard InChI is InChI=1S/C10H5ClN2O5S/c11-4-2-1-3-5-6(4)7(9(19-5)13(17)18)12-8(14)10(15)16/h1-3H,(H,12,14)(H,15,16). The number of amides is 1. The molecule has 2 rings (SSSR count). The minimum Gasteiger partial charge on any atom is -0.474 e. The van der Waals surface area contributed by atoms with E-state index in [1.165, 1.54) is 6.07 Å². The number of carboxylic acids is 1. The van der Waals surface area contributed by atoms with Crippen LogP contribution in [0.25, 0.3) is 10.1 Å². The summed E-state index contributed by atoms with van der Waals surface area (Å²) in [6, 6.07) is 4.69. The number of anilines is 1. The van der Waals surface area contributed by atoms with Crippen LogP contribution in [0.2, 0.25) is 5.02 Å². The first kappa shape index (κ1) is 13.2. The highest BCUT2D eigenvalue weighted by molar-refractivity contribution is 7.23. The number of nitrogens with zero attached hydrogens (tertiary/aromatic N) is 1. The van der Waals surface area contributed by atoms with Crippen molar-refractivity contribution in [2.75, 3.05) is 5.32 Å². The van der Waals surface area contributed by atoms with Gasteiger partial charge in [-0.25, -0.2) is 4.79 Å². The van der Waals surface area contributed by atoms with Crippen LogP contribution in [0.1, 0.15) is 0 Å². The molecule has 19 heavy (non-hydrogen) atoms. The number of hydrogen-bond donors (Lipinski definition) is 2. The number of halogens is 1. The van der Waals surface area contributed by atoms with Gasteiger partial charge in [-0.1, -0.05) is 29.0 Å². The van der Waals surface area contributed by atoms with Crippen molar-refractivity contribution in [1.82, 2.24) is 0 Å². The Kier molecular flexibility index (Phi) is 3.36. The van der Waals surface area contributed by atoms with Crippen molar-refractivity contribution in [2.45, 2.75) is 0 Å². The maximum absolute atomic E-state index is 11.2. The fourth-order valence-corrected chi connectivity index (χ4v) is 2.83. The molecule has 0 unspecified atom stereocenters. The van der Waals surface area contributed by atoms with Crippen molar-refractivity contribution in [3.05, 3.63) is 33.3 Å². The highest BCUT2D eigenvalue weighted by Crippen LogP contribution is 2.44. The molecule has 0 spiro atoms. The second-order valence-corrected chi connectivity index (χ2v) is 4.85. The smallest absolute Gasteiger partial charge is 0.394 e. The van der Waals surface area contributed by atoms with Crippen LogP contribution in [0.3, 0.4) is 0 Å². The van der Waals surface area contributed by atoms with E-state index in [1.54, 1.807) is 12.1 Å². The SMILES string of the molecule is O=C(O)C(=O)Nc1c([N+](=O)[O-])sc2cccc(Cl)c12. The summed E-state index contributed by atoms with van der Waals surface area (Å²) in [4.78, 5) is 31.9. The maximum atomic E-state index is 11.2. The Balaban J connectivity index is 2.67. The van der Waals surface area contributed by atoms with Crippen molar-refractivity contribution >= 4 is 55.6 Å². The molecule has 9 heteroatoms. The minimum atomic E-state index is -1.74. The molecule has 0 saturated heterocycles. The Hall–Kier alpha value is -2.19. The van der Waals surface area contributed by atoms with Crippen LogP contribution in [0.15, 0.2) is 18.2 Å². The molecular formula is C10H5ClN2O5S. The molecule has 0 aliphatic rings. The quantitative estimate of drug-likeness (QED) is 0.503. The molecule has 1 amide bonds. The zero-order chi connectivity index (χ0) is 14.2. The van der Waals surface area contributed by atoms with Crippen LogP contribution in [-0.4, -0.2) is 21.9 Å². The van der Waals surface area contributed by atoms with Crippen molar-refractivity contribution < 1.29 is 19.6 Å². The number of aliphatic carboxylic acids is 1. The summed E-state index contributed by atoms with van der Waals surface area (Å²) in [7, 11) is 0. The monoisotopic (exact) mass is 300 g/mol. The molecule has 0 radical (unpaired) electrons. The number of hydrogen-bond acceptors (Lipinski definition) is 5. The number of thiophene rings is 1. The average molecular weight is 301 g/mol. The molecule has 7 nitrogen and oxygen atoms in total. The minimum absolute atomic E-state index is 0.192. The molecule has 0 bridgehead atoms. The third-order valence-corrected chi connectivity index (χ3v) is 3.67. The molecular weight excluding hydrogens is 296 g/mol. The van der Waals surface area contributed by atoms with E-state index in [0.29, 0.717) is 4.70 Å². The maximum Gasteiger partial charge on any atom is 0.394 e. The summed E-state index contributed by atoms with van der Waals surface area (Å²) in [6.07, 6.45) is 0. The number of fused-ring (bicyclic) bond motifs is 1. The molecule has 98 valence electrons. The van der Waals surface area contributed by atoms with E-state index in [4.69, 9.17) is 16.7 Å². The van der Waals surface area contributed by atoms with Gasteiger partial charge >= 0.3 is 16.9 Å². The number of benzene rings is 1. The van der Waals surface area contributed by atoms with Crippen molar-refractivity contribution in [3.63, 3.8) is 0 Å². The number of carboxylic acid groups (broad SMARTS) is 1. The Morgan fingerprint density at radius 1 is 1.42 bits per heavy atom. The molecule has 0 fully saturated rings. The second-order valence-electron chi connectivity index (χ2n) is 3.41. The number of carbonyl (C=O) groups is 2. The fourth-order valence-electron chi connectivity index (χ4n) is 1.51. The van der Waals surface area contributed by atoms with Crippen LogP contribution in [0.5, 0.6) is 0 Å². The lowest BCUT2D eigenvalue weighted by atomic mass is 10.2. The van der Waals surface area contributed by atoms with Gasteiger partial charge in [-0.2, -0.15) is 0 Å². The summed E-state index contributed by atoms with van der Waals surface area (Å²) < 4.78 is 0.486. The molecule has 2 N–H and O–H groups in total. The number of nitrogens with one attached hydrogen (secondary N) is 1. The number of nitro groups is 1. The summed E-state index contributed by atoms with van der Waals surface area (Å²) in [5.74, 6) is -3.09. The highest BCUT2D eigenvalue weighted by Gasteiger charge is 2.26. The molecule has 1 aromatic heterocycles. The van der Waals surface area contributed by atoms with E-state index in [2.05, 4.69) is 0 Å². The van der Waals surface area contributed by atoms with Crippen LogP contribution in [-0.2, 0) is 9.59 Å². The van der Waals surface area contributed by atoms with E-state index in [0.717, 1.165) is 11.3 Å². The molecule has 0 saturated carbocycles. The van der Waals surface area contributed by atoms with E-state index >= 15 is 0 Å². The van der Waals surface area contributed by atoms with Gasteiger partial charge in [-0.05, 0) is 12.1 Å². The van der Waals surface area contributed by atoms with E-state index in [9.17, 15) is 19.7 Å². The van der Waals surface area contributed by atoms with Gasteiger partial charge in [0.15, 0.2) is 0 Å². The topological polar surface area (TPSA) is 110 Å². The average Bonchev–Trinajstić information content (AvgIpc) is 2.69. The summed E-state index contributed by atoms with van der Waals surface area (Å²) in [6.45, 7) is 0. The fraction of sp³-hybridized carbons (Fsp3) is 0. The van der Waals surface area contributed by atoms with Crippen molar-refractivity contribution in [1.29, 1.82) is 0 Å². The van der Waals surface area contributed by atoms with E-state index in [1.807, 2.05) is 5.32 Å². The number of carbonyl (C=O) groups excluding carboxylic acids is 1. The summed E-state index contributed by atoms with van der Waals surface area (Å²) in [5.41, 5.74) is -0.192. The third-order valence-electron chi connectivity index (χ3n) is 2.24. The molecule has 0 atom stereocenters. The van der Waals surface area contributed by atoms with Crippen LogP contribution >= 0.6 is 22.9 Å². The lowest BCUT2D eigenvalue weighted by Crippen LogP contribution is -2.22. The molecule has 0 aliphatic heterocycles. The zero-order valence-electron chi connectivity index (χ0n) is 9.05. The first-order valence-electron chi connectivity index (χ1n) is 4.81. The van der Waals surface area contributed by atoms with E-state index < -0.39 is 16.8 Å². The Morgan fingerprint density at radius 2 is 2.11 bits per heavy atom. The Bertz CT molecular complexity index is 711. The summed E-state index contributed by atoms with van der Waals surface area (Å²) >= 11 is 6.74. The predicted molar refractivity (Wildman–Crippen MR) is 69.8 cm³/mol. The van der Waals surface area contributed by atoms with Crippen LogP contribution in [0, 0.1) is 10.1 Å². The first-order valence-corrected chi connectivity index (χ1v) is 6.01. The van der Waals surface area contributed by atoms with Crippen molar-refractivity contribution in [2.24, 2.45) is 0 Å². The molecule has 1 heterocycles. The Morgan fingerprint density at radius 3 is 2.68 bits per heavy atom. The van der Waals surface area contributed by atoms with E-state index in [-0.39, 0.29) is 21.1 Å². The number of rotatable bonds is 2. The normalized spacial score (nSPS) is 10.4. The lowest BCUT2D eigenvalue weighted by molar-refractivity contribution is -0.379. The Labute approximate surface area is 114 Å². The largest absolute Gasteiger partial charge is 0.474 e. The first-order chi connectivity index (χ1) is 8.91. The van der Waals surface area contributed by atoms with Crippen LogP contribution in [0.4, 0.5) is 10.7 Å². The van der Waals surface area contributed by atoms with Gasteiger partial charge in [0.25, 0.3) is 0 Å². The van der Waals surface area contributed by atoms with Gasteiger partial charge in [0, 0.05) is 10.1 Å². The van der Waals surface area contributed by atoms with Gasteiger partial charge < -0.3 is 10.4 Å². The zero-order valence-corrected chi connectivity index (χ0v) is 10.6. The van der Waals surface area contributed by atoms with Crippen LogP contribution < -0.4 is 5.32 Å². The van der Waals surface area contributed by atoms with Gasteiger partial charge in [0.2, 0.25) is 0 Å². The second kappa shape index (κ2) is 4.82. The highest BCUT2D eigenvalue weighted by atomic mass is 35.5.